The third kappa shape index (κ3) is 8.34. The van der Waals surface area contributed by atoms with Gasteiger partial charge in [0, 0.05) is 6.61 Å². The number of hydrogen-bond acceptors (Lipinski definition) is 4. The maximum absolute atomic E-state index is 10.4. The molecule has 0 aromatic heterocycles. The molecule has 0 radical (unpaired) electrons. The van der Waals surface area contributed by atoms with E-state index < -0.39 is 12.1 Å². The Morgan fingerprint density at radius 3 is 2.64 bits per heavy atom. The van der Waals surface area contributed by atoms with E-state index in [4.69, 9.17) is 14.9 Å². The van der Waals surface area contributed by atoms with Gasteiger partial charge in [-0.2, -0.15) is 0 Å². The Labute approximate surface area is 88.6 Å². The molecular weight excluding hydrogens is 204 g/mol. The zero-order valence-electron chi connectivity index (χ0n) is 8.60. The lowest BCUT2D eigenvalue weighted by atomic mass is 10.4. The molecule has 4 nitrogen and oxygen atoms in total. The van der Waals surface area contributed by atoms with Crippen molar-refractivity contribution < 1.29 is 19.7 Å². The topological polar surface area (TPSA) is 66.8 Å². The quantitative estimate of drug-likeness (QED) is 0.599. The fraction of sp³-hybridized carbons (Fsp3) is 0.889. The molecule has 2 N–H and O–H groups in total. The van der Waals surface area contributed by atoms with Crippen LogP contribution in [0.2, 0.25) is 0 Å². The molecule has 0 saturated heterocycles. The first-order valence-corrected chi connectivity index (χ1v) is 5.69. The summed E-state index contributed by atoms with van der Waals surface area (Å²) in [5, 5.41) is 17.1. The van der Waals surface area contributed by atoms with Gasteiger partial charge in [-0.05, 0) is 26.0 Å². The lowest BCUT2D eigenvalue weighted by Gasteiger charge is -2.07. The van der Waals surface area contributed by atoms with E-state index in [-0.39, 0.29) is 5.25 Å². The van der Waals surface area contributed by atoms with Crippen molar-refractivity contribution in [3.8, 4) is 0 Å². The fourth-order valence-electron chi connectivity index (χ4n) is 0.746. The molecule has 0 heterocycles. The number of aliphatic hydroxyl groups excluding tert-OH is 1. The van der Waals surface area contributed by atoms with Crippen LogP contribution >= 0.6 is 11.8 Å². The van der Waals surface area contributed by atoms with Crippen LogP contribution in [-0.4, -0.2) is 46.5 Å². The highest BCUT2D eigenvalue weighted by molar-refractivity contribution is 8.00. The van der Waals surface area contributed by atoms with Crippen molar-refractivity contribution in [3.05, 3.63) is 0 Å². The molecule has 2 unspecified atom stereocenters. The van der Waals surface area contributed by atoms with Gasteiger partial charge in [0.1, 0.15) is 0 Å². The van der Waals surface area contributed by atoms with E-state index in [1.54, 1.807) is 13.8 Å². The molecule has 0 aromatic carbocycles. The summed E-state index contributed by atoms with van der Waals surface area (Å²) >= 11 is 1.40. The van der Waals surface area contributed by atoms with E-state index >= 15 is 0 Å². The second kappa shape index (κ2) is 8.08. The summed E-state index contributed by atoms with van der Waals surface area (Å²) in [7, 11) is 0. The Kier molecular flexibility index (Phi) is 7.93. The molecule has 0 aliphatic carbocycles. The number of rotatable bonds is 8. The highest BCUT2D eigenvalue weighted by atomic mass is 32.2. The standard InChI is InChI=1S/C9H18O4S/c1-7(10)6-13-4-3-5-14-8(2)9(11)12/h7-8,10H,3-6H2,1-2H3,(H,11,12). The van der Waals surface area contributed by atoms with Crippen LogP contribution in [0.1, 0.15) is 20.3 Å². The SMILES string of the molecule is CC(O)COCCCSC(C)C(=O)O. The number of aliphatic carboxylic acids is 1. The average Bonchev–Trinajstić information content (AvgIpc) is 2.09. The van der Waals surface area contributed by atoms with E-state index in [9.17, 15) is 4.79 Å². The molecule has 0 amide bonds. The van der Waals surface area contributed by atoms with E-state index in [0.29, 0.717) is 13.2 Å². The number of carbonyl (C=O) groups is 1. The maximum atomic E-state index is 10.4. The molecule has 0 bridgehead atoms. The van der Waals surface area contributed by atoms with E-state index in [1.807, 2.05) is 0 Å². The predicted molar refractivity (Wildman–Crippen MR) is 56.7 cm³/mol. The normalized spacial score (nSPS) is 15.1. The molecule has 0 aliphatic rings. The van der Waals surface area contributed by atoms with Crippen molar-refractivity contribution in [1.29, 1.82) is 0 Å². The number of carboxylic acids is 1. The second-order valence-electron chi connectivity index (χ2n) is 3.13. The van der Waals surface area contributed by atoms with Gasteiger partial charge in [-0.1, -0.05) is 0 Å². The first-order chi connectivity index (χ1) is 6.54. The minimum absolute atomic E-state index is 0.346. The van der Waals surface area contributed by atoms with Gasteiger partial charge in [0.15, 0.2) is 0 Å². The van der Waals surface area contributed by atoms with Crippen LogP contribution in [0.5, 0.6) is 0 Å². The van der Waals surface area contributed by atoms with Crippen molar-refractivity contribution in [2.45, 2.75) is 31.6 Å². The molecule has 0 saturated carbocycles. The molecule has 2 atom stereocenters. The zero-order chi connectivity index (χ0) is 11.0. The number of hydrogen-bond donors (Lipinski definition) is 2. The number of aliphatic hydroxyl groups is 1. The highest BCUT2D eigenvalue weighted by Crippen LogP contribution is 2.11. The minimum atomic E-state index is -0.778. The second-order valence-corrected chi connectivity index (χ2v) is 4.58. The van der Waals surface area contributed by atoms with Gasteiger partial charge >= 0.3 is 5.97 Å². The van der Waals surface area contributed by atoms with Crippen LogP contribution in [0, 0.1) is 0 Å². The molecule has 84 valence electrons. The molecule has 14 heavy (non-hydrogen) atoms. The lowest BCUT2D eigenvalue weighted by molar-refractivity contribution is -0.136. The van der Waals surface area contributed by atoms with Gasteiger partial charge in [-0.25, -0.2) is 0 Å². The Balaban J connectivity index is 3.17. The fourth-order valence-corrected chi connectivity index (χ4v) is 1.53. The Morgan fingerprint density at radius 2 is 2.14 bits per heavy atom. The molecule has 0 fully saturated rings. The van der Waals surface area contributed by atoms with Gasteiger partial charge in [0.05, 0.1) is 18.0 Å². The Morgan fingerprint density at radius 1 is 1.50 bits per heavy atom. The van der Waals surface area contributed by atoms with Crippen molar-refractivity contribution >= 4 is 17.7 Å². The molecule has 0 aliphatic heterocycles. The number of thioether (sulfide) groups is 1. The van der Waals surface area contributed by atoms with E-state index in [1.165, 1.54) is 11.8 Å². The third-order valence-electron chi connectivity index (χ3n) is 1.51. The number of ether oxygens (including phenoxy) is 1. The number of carboxylic acid groups (broad SMARTS) is 1. The molecule has 0 aromatic rings. The summed E-state index contributed by atoms with van der Waals surface area (Å²) in [6.45, 7) is 4.26. The van der Waals surface area contributed by atoms with Crippen LogP contribution in [0.4, 0.5) is 0 Å². The summed E-state index contributed by atoms with van der Waals surface area (Å²) in [5.41, 5.74) is 0. The Bertz CT molecular complexity index is 161. The van der Waals surface area contributed by atoms with Crippen LogP contribution in [0.25, 0.3) is 0 Å². The van der Waals surface area contributed by atoms with Gasteiger partial charge in [0.2, 0.25) is 0 Å². The van der Waals surface area contributed by atoms with Gasteiger partial charge in [0.25, 0.3) is 0 Å². The smallest absolute Gasteiger partial charge is 0.316 e. The average molecular weight is 222 g/mol. The van der Waals surface area contributed by atoms with Crippen molar-refractivity contribution in [2.75, 3.05) is 19.0 Å². The molecule has 0 rings (SSSR count). The van der Waals surface area contributed by atoms with Crippen LogP contribution < -0.4 is 0 Å². The summed E-state index contributed by atoms with van der Waals surface area (Å²) in [6.07, 6.45) is 0.384. The van der Waals surface area contributed by atoms with Crippen LogP contribution in [0.15, 0.2) is 0 Å². The highest BCUT2D eigenvalue weighted by Gasteiger charge is 2.09. The molecule has 0 spiro atoms. The largest absolute Gasteiger partial charge is 0.480 e. The van der Waals surface area contributed by atoms with Crippen molar-refractivity contribution in [3.63, 3.8) is 0 Å². The summed E-state index contributed by atoms with van der Waals surface area (Å²) in [6, 6.07) is 0. The summed E-state index contributed by atoms with van der Waals surface area (Å²) < 4.78 is 5.13. The first kappa shape index (κ1) is 13.7. The van der Waals surface area contributed by atoms with Crippen LogP contribution in [-0.2, 0) is 9.53 Å². The summed E-state index contributed by atoms with van der Waals surface area (Å²) in [4.78, 5) is 10.4. The van der Waals surface area contributed by atoms with E-state index in [0.717, 1.165) is 12.2 Å². The first-order valence-electron chi connectivity index (χ1n) is 4.64. The maximum Gasteiger partial charge on any atom is 0.316 e. The van der Waals surface area contributed by atoms with Gasteiger partial charge < -0.3 is 14.9 Å². The minimum Gasteiger partial charge on any atom is -0.480 e. The van der Waals surface area contributed by atoms with Gasteiger partial charge in [-0.3, -0.25) is 4.79 Å². The van der Waals surface area contributed by atoms with Crippen molar-refractivity contribution in [2.24, 2.45) is 0 Å². The Hall–Kier alpha value is -0.260. The van der Waals surface area contributed by atoms with Crippen molar-refractivity contribution in [1.82, 2.24) is 0 Å². The molecular formula is C9H18O4S. The molecule has 5 heteroatoms. The lowest BCUT2D eigenvalue weighted by Crippen LogP contribution is -2.13. The van der Waals surface area contributed by atoms with Gasteiger partial charge in [-0.15, -0.1) is 11.8 Å². The predicted octanol–water partition coefficient (Wildman–Crippen LogP) is 0.980. The monoisotopic (exact) mass is 222 g/mol. The van der Waals surface area contributed by atoms with E-state index in [2.05, 4.69) is 0 Å². The third-order valence-corrected chi connectivity index (χ3v) is 2.73. The van der Waals surface area contributed by atoms with Crippen LogP contribution in [0.3, 0.4) is 0 Å². The summed E-state index contributed by atoms with van der Waals surface area (Å²) in [5.74, 6) is -0.00676. The zero-order valence-corrected chi connectivity index (χ0v) is 9.42.